The Bertz CT molecular complexity index is 2080. The van der Waals surface area contributed by atoms with Gasteiger partial charge in [0.15, 0.2) is 0 Å². The van der Waals surface area contributed by atoms with Gasteiger partial charge in [0.25, 0.3) is 0 Å². The number of phenolic OH excluding ortho intramolecular Hbond substituents is 1. The molecular weight excluding hydrogens is 746 g/mol. The monoisotopic (exact) mass is 789 g/mol. The van der Waals surface area contributed by atoms with Crippen LogP contribution in [0.1, 0.15) is 79.0 Å². The number of imidazole rings is 1. The Morgan fingerprint density at radius 3 is 1.98 bits per heavy atom. The molecule has 0 aliphatic heterocycles. The van der Waals surface area contributed by atoms with Crippen LogP contribution in [0.25, 0.3) is 55.6 Å². The minimum atomic E-state index is -0.285. The summed E-state index contributed by atoms with van der Waals surface area (Å²) < 4.78 is 2.26. The van der Waals surface area contributed by atoms with Crippen LogP contribution in [0.4, 0.5) is 0 Å². The third-order valence-electron chi connectivity index (χ3n) is 8.62. The van der Waals surface area contributed by atoms with E-state index in [4.69, 9.17) is 9.97 Å². The van der Waals surface area contributed by atoms with E-state index in [1.807, 2.05) is 18.3 Å². The summed E-state index contributed by atoms with van der Waals surface area (Å²) in [4.78, 5) is 10.1. The zero-order valence-corrected chi connectivity index (χ0v) is 30.9. The quantitative estimate of drug-likeness (QED) is 0.182. The van der Waals surface area contributed by atoms with Gasteiger partial charge in [-0.3, -0.25) is 4.98 Å². The van der Waals surface area contributed by atoms with E-state index < -0.39 is 0 Å². The summed E-state index contributed by atoms with van der Waals surface area (Å²) in [5.74, 6) is 0.988. The Labute approximate surface area is 288 Å². The second-order valence-electron chi connectivity index (χ2n) is 15.4. The van der Waals surface area contributed by atoms with E-state index in [-0.39, 0.29) is 43.2 Å². The first kappa shape index (κ1) is 33.6. The number of para-hydroxylation sites is 1. The van der Waals surface area contributed by atoms with Crippen LogP contribution in [0.5, 0.6) is 5.75 Å². The Kier molecular flexibility index (Phi) is 8.62. The Hall–Kier alpha value is -3.75. The van der Waals surface area contributed by atoms with Gasteiger partial charge < -0.3 is 9.67 Å². The summed E-state index contributed by atoms with van der Waals surface area (Å²) in [6.45, 7) is 22.0. The fourth-order valence-corrected chi connectivity index (χ4v) is 6.19. The van der Waals surface area contributed by atoms with Gasteiger partial charge in [-0.2, -0.15) is 0 Å². The molecule has 1 N–H and O–H groups in total. The van der Waals surface area contributed by atoms with Crippen molar-refractivity contribution in [2.75, 3.05) is 0 Å². The molecule has 0 amide bonds. The summed E-state index contributed by atoms with van der Waals surface area (Å²) in [7, 11) is 0. The Balaban J connectivity index is 0.00000417. The molecule has 0 radical (unpaired) electrons. The van der Waals surface area contributed by atoms with Gasteiger partial charge >= 0.3 is 0 Å². The Morgan fingerprint density at radius 2 is 1.33 bits per heavy atom. The molecule has 240 valence electrons. The molecule has 6 aromatic rings. The van der Waals surface area contributed by atoms with Crippen molar-refractivity contribution in [1.82, 2.24) is 14.5 Å². The van der Waals surface area contributed by atoms with Crippen molar-refractivity contribution in [3.63, 3.8) is 0 Å². The number of benzene rings is 4. The summed E-state index contributed by atoms with van der Waals surface area (Å²) >= 11 is 0. The summed E-state index contributed by atoms with van der Waals surface area (Å²) in [5.41, 5.74) is 10.9. The number of pyridine rings is 1. The molecule has 0 atom stereocenters. The van der Waals surface area contributed by atoms with Crippen LogP contribution in [0, 0.1) is 13.0 Å². The summed E-state index contributed by atoms with van der Waals surface area (Å²) in [6.07, 6.45) is 1.87. The molecule has 0 spiro atoms. The minimum absolute atomic E-state index is 0. The minimum Gasteiger partial charge on any atom is -0.507 e. The predicted molar refractivity (Wildman–Crippen MR) is 189 cm³/mol. The first-order valence-electron chi connectivity index (χ1n) is 15.8. The van der Waals surface area contributed by atoms with E-state index >= 15 is 0 Å². The number of aromatic nitrogens is 3. The maximum Gasteiger partial charge on any atom is 0.144 e. The van der Waals surface area contributed by atoms with Crippen molar-refractivity contribution < 1.29 is 26.2 Å². The third kappa shape index (κ3) is 6.17. The molecule has 2 heterocycles. The predicted octanol–water partition coefficient (Wildman–Crippen LogP) is 10.7. The van der Waals surface area contributed by atoms with Gasteiger partial charge in [-0.15, -0.1) is 34.9 Å². The van der Waals surface area contributed by atoms with E-state index in [0.717, 1.165) is 66.7 Å². The SMILES string of the molecule is Cc1cc(-c2cc(C(C)(C)C)cc3cccnc23)[c-]c(-c2cccc3c2nc(-c2cc(C(C)(C)C)ccc2O)n3C(C)(C)C)c1.[Pt]. The number of phenols is 1. The van der Waals surface area contributed by atoms with Crippen molar-refractivity contribution in [3.8, 4) is 39.4 Å². The van der Waals surface area contributed by atoms with Gasteiger partial charge in [-0.25, -0.2) is 4.98 Å². The normalized spacial score (nSPS) is 12.5. The van der Waals surface area contributed by atoms with Crippen molar-refractivity contribution >= 4 is 21.9 Å². The topological polar surface area (TPSA) is 50.9 Å². The molecule has 0 unspecified atom stereocenters. The van der Waals surface area contributed by atoms with E-state index in [9.17, 15) is 5.11 Å². The van der Waals surface area contributed by atoms with Crippen LogP contribution >= 0.6 is 0 Å². The van der Waals surface area contributed by atoms with Crippen molar-refractivity contribution in [2.24, 2.45) is 0 Å². The van der Waals surface area contributed by atoms with Crippen LogP contribution in [0.15, 0.2) is 79.0 Å². The number of hydrogen-bond donors (Lipinski definition) is 1. The van der Waals surface area contributed by atoms with E-state index in [0.29, 0.717) is 0 Å². The van der Waals surface area contributed by atoms with Crippen LogP contribution in [-0.4, -0.2) is 19.6 Å². The molecular formula is C41H44N3OPt-. The molecule has 2 aromatic heterocycles. The zero-order valence-electron chi connectivity index (χ0n) is 28.6. The van der Waals surface area contributed by atoms with Gasteiger partial charge in [0.1, 0.15) is 11.6 Å². The number of nitrogens with zero attached hydrogens (tertiary/aromatic N) is 3. The maximum absolute atomic E-state index is 11.2. The van der Waals surface area contributed by atoms with E-state index in [1.165, 1.54) is 5.56 Å². The first-order valence-corrected chi connectivity index (χ1v) is 15.8. The van der Waals surface area contributed by atoms with Crippen LogP contribution in [0.3, 0.4) is 0 Å². The molecule has 0 aliphatic rings. The molecule has 46 heavy (non-hydrogen) atoms. The molecule has 4 aromatic carbocycles. The third-order valence-corrected chi connectivity index (χ3v) is 8.62. The smallest absolute Gasteiger partial charge is 0.144 e. The number of aryl methyl sites for hydroxylation is 1. The molecule has 0 saturated heterocycles. The van der Waals surface area contributed by atoms with Gasteiger partial charge in [0.05, 0.1) is 16.6 Å². The van der Waals surface area contributed by atoms with Crippen molar-refractivity contribution in [1.29, 1.82) is 0 Å². The molecule has 6 rings (SSSR count). The second-order valence-corrected chi connectivity index (χ2v) is 15.4. The molecule has 0 fully saturated rings. The molecule has 5 heteroatoms. The first-order chi connectivity index (χ1) is 21.0. The number of hydrogen-bond acceptors (Lipinski definition) is 3. The summed E-state index contributed by atoms with van der Waals surface area (Å²) in [6, 6.07) is 29.1. The molecule has 0 bridgehead atoms. The molecule has 0 aliphatic carbocycles. The van der Waals surface area contributed by atoms with Gasteiger partial charge in [0.2, 0.25) is 0 Å². The fourth-order valence-electron chi connectivity index (χ4n) is 6.19. The van der Waals surface area contributed by atoms with E-state index in [1.54, 1.807) is 6.07 Å². The standard InChI is InChI=1S/C41H44N3O.Pt/c1-25-19-27(21-28(20-25)32-24-30(40(5,6)7)22-26-13-12-18-42-36(26)32)31-14-11-15-34-37(31)43-38(44(34)41(8,9)10)33-23-29(39(2,3)4)16-17-35(33)45;/h11-20,22-24,45H,1-10H3;/q-1;. The zero-order chi connectivity index (χ0) is 32.5. The van der Waals surface area contributed by atoms with Gasteiger partial charge in [-0.1, -0.05) is 96.0 Å². The maximum atomic E-state index is 11.2. The second kappa shape index (κ2) is 11.8. The average molecular weight is 790 g/mol. The summed E-state index contributed by atoms with van der Waals surface area (Å²) in [5, 5.41) is 12.3. The van der Waals surface area contributed by atoms with Crippen LogP contribution < -0.4 is 0 Å². The molecule has 4 nitrogen and oxygen atoms in total. The average Bonchev–Trinajstić information content (AvgIpc) is 3.36. The number of aromatic hydroxyl groups is 1. The fraction of sp³-hybridized carbons (Fsp3) is 0.317. The Morgan fingerprint density at radius 1 is 0.674 bits per heavy atom. The van der Waals surface area contributed by atoms with Gasteiger partial charge in [-0.05, 0) is 72.4 Å². The number of fused-ring (bicyclic) bond motifs is 2. The number of rotatable bonds is 3. The molecule has 0 saturated carbocycles. The van der Waals surface area contributed by atoms with Crippen LogP contribution in [-0.2, 0) is 37.4 Å². The van der Waals surface area contributed by atoms with Crippen LogP contribution in [0.2, 0.25) is 0 Å². The van der Waals surface area contributed by atoms with Crippen molar-refractivity contribution in [3.05, 3.63) is 102 Å². The largest absolute Gasteiger partial charge is 0.507 e. The van der Waals surface area contributed by atoms with Gasteiger partial charge in [0, 0.05) is 38.3 Å². The van der Waals surface area contributed by atoms with E-state index in [2.05, 4.69) is 134 Å². The van der Waals surface area contributed by atoms with Crippen molar-refractivity contribution in [2.45, 2.75) is 85.6 Å².